The van der Waals surface area contributed by atoms with Gasteiger partial charge >= 0.3 is 13.6 Å². The number of carbonyl (C=O) groups is 1. The average Bonchev–Trinajstić information content (AvgIpc) is 2.23. The summed E-state index contributed by atoms with van der Waals surface area (Å²) in [6.07, 6.45) is 0.354. The highest BCUT2D eigenvalue weighted by Gasteiger charge is 2.25. The standard InChI is InChI=1S/C9H20NO5P/c1-7(2)5-8(9(11)12)10-6-16(13,14-3)15-4/h7-8,10H,5-6H2,1-4H3,(H,11,12). The highest BCUT2D eigenvalue weighted by atomic mass is 31.2. The van der Waals surface area contributed by atoms with Gasteiger partial charge in [0, 0.05) is 14.2 Å². The molecule has 0 radical (unpaired) electrons. The van der Waals surface area contributed by atoms with E-state index < -0.39 is 19.6 Å². The molecule has 2 N–H and O–H groups in total. The van der Waals surface area contributed by atoms with Gasteiger partial charge in [0.25, 0.3) is 0 Å². The molecular weight excluding hydrogens is 233 g/mol. The second kappa shape index (κ2) is 7.01. The van der Waals surface area contributed by atoms with Crippen LogP contribution >= 0.6 is 7.60 Å². The van der Waals surface area contributed by atoms with E-state index in [1.165, 1.54) is 14.2 Å². The topological polar surface area (TPSA) is 84.9 Å². The minimum Gasteiger partial charge on any atom is -0.480 e. The summed E-state index contributed by atoms with van der Waals surface area (Å²) in [7, 11) is -0.657. The van der Waals surface area contributed by atoms with Gasteiger partial charge in [-0.25, -0.2) is 0 Å². The highest BCUT2D eigenvalue weighted by Crippen LogP contribution is 2.44. The van der Waals surface area contributed by atoms with Crippen LogP contribution in [0.15, 0.2) is 0 Å². The van der Waals surface area contributed by atoms with Gasteiger partial charge in [0.1, 0.15) is 6.04 Å². The van der Waals surface area contributed by atoms with Crippen LogP contribution in [0.2, 0.25) is 0 Å². The largest absolute Gasteiger partial charge is 0.480 e. The maximum atomic E-state index is 11.7. The summed E-state index contributed by atoms with van der Waals surface area (Å²) in [6.45, 7) is 3.84. The van der Waals surface area contributed by atoms with E-state index in [2.05, 4.69) is 5.32 Å². The van der Waals surface area contributed by atoms with E-state index in [1.807, 2.05) is 13.8 Å². The van der Waals surface area contributed by atoms with Crippen molar-refractivity contribution in [1.29, 1.82) is 0 Å². The monoisotopic (exact) mass is 253 g/mol. The Morgan fingerprint density at radius 2 is 1.88 bits per heavy atom. The molecule has 0 bridgehead atoms. The zero-order valence-electron chi connectivity index (χ0n) is 10.1. The zero-order chi connectivity index (χ0) is 12.8. The van der Waals surface area contributed by atoms with E-state index in [0.717, 1.165) is 0 Å². The third-order valence-corrected chi connectivity index (χ3v) is 3.78. The third-order valence-electron chi connectivity index (χ3n) is 2.09. The second-order valence-electron chi connectivity index (χ2n) is 3.86. The lowest BCUT2D eigenvalue weighted by Crippen LogP contribution is -2.38. The minimum atomic E-state index is -3.19. The highest BCUT2D eigenvalue weighted by molar-refractivity contribution is 7.53. The molecule has 0 aromatic heterocycles. The molecule has 0 aliphatic heterocycles. The molecule has 0 aliphatic rings. The number of hydrogen-bond donors (Lipinski definition) is 2. The fraction of sp³-hybridized carbons (Fsp3) is 0.889. The van der Waals surface area contributed by atoms with E-state index in [9.17, 15) is 9.36 Å². The minimum absolute atomic E-state index is 0.107. The summed E-state index contributed by atoms with van der Waals surface area (Å²) < 4.78 is 21.1. The van der Waals surface area contributed by atoms with Gasteiger partial charge < -0.3 is 14.2 Å². The Balaban J connectivity index is 4.32. The van der Waals surface area contributed by atoms with Crippen molar-refractivity contribution in [2.75, 3.05) is 20.5 Å². The molecule has 0 fully saturated rings. The van der Waals surface area contributed by atoms with E-state index in [4.69, 9.17) is 14.2 Å². The van der Waals surface area contributed by atoms with Gasteiger partial charge in [0.15, 0.2) is 0 Å². The SMILES string of the molecule is COP(=O)(CNC(CC(C)C)C(=O)O)OC. The molecule has 16 heavy (non-hydrogen) atoms. The molecule has 0 spiro atoms. The van der Waals surface area contributed by atoms with Crippen LogP contribution in [0.1, 0.15) is 20.3 Å². The first kappa shape index (κ1) is 15.6. The molecule has 1 atom stereocenters. The Hall–Kier alpha value is -0.420. The van der Waals surface area contributed by atoms with Crippen LogP contribution < -0.4 is 5.32 Å². The molecular formula is C9H20NO5P. The Morgan fingerprint density at radius 1 is 1.38 bits per heavy atom. The Bertz CT molecular complexity index is 261. The van der Waals surface area contributed by atoms with Crippen molar-refractivity contribution in [3.05, 3.63) is 0 Å². The summed E-state index contributed by atoms with van der Waals surface area (Å²) in [5.41, 5.74) is 0. The van der Waals surface area contributed by atoms with Gasteiger partial charge in [-0.1, -0.05) is 13.8 Å². The molecule has 0 aromatic rings. The fourth-order valence-electron chi connectivity index (χ4n) is 1.17. The normalized spacial score (nSPS) is 14.1. The van der Waals surface area contributed by atoms with Crippen LogP contribution in [0.25, 0.3) is 0 Å². The number of hydrogen-bond acceptors (Lipinski definition) is 5. The van der Waals surface area contributed by atoms with Gasteiger partial charge in [0.05, 0.1) is 6.29 Å². The first-order chi connectivity index (χ1) is 7.34. The van der Waals surface area contributed by atoms with Gasteiger partial charge in [0.2, 0.25) is 0 Å². The molecule has 0 heterocycles. The lowest BCUT2D eigenvalue weighted by molar-refractivity contribution is -0.139. The first-order valence-electron chi connectivity index (χ1n) is 5.01. The van der Waals surface area contributed by atoms with E-state index in [1.54, 1.807) is 0 Å². The van der Waals surface area contributed by atoms with E-state index in [0.29, 0.717) is 6.42 Å². The van der Waals surface area contributed by atoms with Crippen molar-refractivity contribution in [2.45, 2.75) is 26.3 Å². The Kier molecular flexibility index (Phi) is 6.83. The van der Waals surface area contributed by atoms with Crippen molar-refractivity contribution in [3.63, 3.8) is 0 Å². The maximum Gasteiger partial charge on any atom is 0.343 e. The number of rotatable bonds is 8. The van der Waals surface area contributed by atoms with Crippen LogP contribution in [-0.4, -0.2) is 37.6 Å². The van der Waals surface area contributed by atoms with Crippen molar-refractivity contribution >= 4 is 13.6 Å². The fourth-order valence-corrected chi connectivity index (χ4v) is 2.02. The van der Waals surface area contributed by atoms with Gasteiger partial charge in [-0.2, -0.15) is 0 Å². The van der Waals surface area contributed by atoms with Crippen molar-refractivity contribution in [2.24, 2.45) is 5.92 Å². The van der Waals surface area contributed by atoms with E-state index >= 15 is 0 Å². The molecule has 0 saturated carbocycles. The average molecular weight is 253 g/mol. The Morgan fingerprint density at radius 3 is 2.19 bits per heavy atom. The molecule has 0 amide bonds. The maximum absolute atomic E-state index is 11.7. The zero-order valence-corrected chi connectivity index (χ0v) is 11.0. The summed E-state index contributed by atoms with van der Waals surface area (Å²) in [5, 5.41) is 11.6. The van der Waals surface area contributed by atoms with Crippen LogP contribution in [0, 0.1) is 5.92 Å². The second-order valence-corrected chi connectivity index (χ2v) is 6.13. The predicted octanol–water partition coefficient (Wildman–Crippen LogP) is 1.52. The van der Waals surface area contributed by atoms with Gasteiger partial charge in [-0.15, -0.1) is 0 Å². The predicted molar refractivity (Wildman–Crippen MR) is 60.5 cm³/mol. The quantitative estimate of drug-likeness (QED) is 0.638. The molecule has 96 valence electrons. The number of carboxylic acid groups (broad SMARTS) is 1. The molecule has 0 aliphatic carbocycles. The number of carboxylic acids is 1. The molecule has 0 rings (SSSR count). The summed E-state index contributed by atoms with van der Waals surface area (Å²) in [5.74, 6) is -0.731. The lowest BCUT2D eigenvalue weighted by Gasteiger charge is -2.19. The molecule has 7 heteroatoms. The van der Waals surface area contributed by atoms with E-state index in [-0.39, 0.29) is 12.2 Å². The van der Waals surface area contributed by atoms with Crippen LogP contribution in [0.3, 0.4) is 0 Å². The smallest absolute Gasteiger partial charge is 0.343 e. The van der Waals surface area contributed by atoms with Crippen LogP contribution in [0.4, 0.5) is 0 Å². The first-order valence-corrected chi connectivity index (χ1v) is 6.74. The number of aliphatic carboxylic acids is 1. The lowest BCUT2D eigenvalue weighted by atomic mass is 10.0. The summed E-state index contributed by atoms with van der Waals surface area (Å²) in [4.78, 5) is 10.9. The Labute approximate surface area is 95.9 Å². The van der Waals surface area contributed by atoms with Gasteiger partial charge in [-0.05, 0) is 12.3 Å². The van der Waals surface area contributed by atoms with Crippen molar-refractivity contribution < 1.29 is 23.5 Å². The number of nitrogens with one attached hydrogen (secondary N) is 1. The van der Waals surface area contributed by atoms with Crippen molar-refractivity contribution in [3.8, 4) is 0 Å². The molecule has 1 unspecified atom stereocenters. The van der Waals surface area contributed by atoms with Crippen molar-refractivity contribution in [1.82, 2.24) is 5.32 Å². The van der Waals surface area contributed by atoms with Gasteiger partial charge in [-0.3, -0.25) is 14.7 Å². The summed E-state index contributed by atoms with van der Waals surface area (Å²) in [6, 6.07) is -0.737. The summed E-state index contributed by atoms with van der Waals surface area (Å²) >= 11 is 0. The molecule has 0 aromatic carbocycles. The van der Waals surface area contributed by atoms with Crippen LogP contribution in [0.5, 0.6) is 0 Å². The molecule has 6 nitrogen and oxygen atoms in total. The molecule has 0 saturated heterocycles. The van der Waals surface area contributed by atoms with Crippen LogP contribution in [-0.2, 0) is 18.4 Å². The third kappa shape index (κ3) is 5.61.